The van der Waals surface area contributed by atoms with E-state index in [9.17, 15) is 10.4 Å². The number of nitrogens with zero attached hydrogens (tertiary/aromatic N) is 4. The molecule has 0 atom stereocenters. The number of aliphatic hydroxyl groups is 1. The highest BCUT2D eigenvalue weighted by atomic mass is 16.3. The smallest absolute Gasteiger partial charge is 0.103 e. The predicted molar refractivity (Wildman–Crippen MR) is 144 cm³/mol. The fourth-order valence-corrected chi connectivity index (χ4v) is 4.73. The number of hydrogen-bond donors (Lipinski definition) is 3. The molecule has 1 fully saturated rings. The van der Waals surface area contributed by atoms with Gasteiger partial charge in [0.2, 0.25) is 0 Å². The molecule has 3 N–H and O–H groups in total. The van der Waals surface area contributed by atoms with Crippen molar-refractivity contribution in [3.8, 4) is 6.07 Å². The minimum absolute atomic E-state index is 0.163. The number of rotatable bonds is 6. The van der Waals surface area contributed by atoms with Gasteiger partial charge in [0.1, 0.15) is 6.07 Å². The monoisotopic (exact) mass is 478 g/mol. The van der Waals surface area contributed by atoms with E-state index in [2.05, 4.69) is 50.3 Å². The van der Waals surface area contributed by atoms with Crippen molar-refractivity contribution in [3.63, 3.8) is 0 Å². The lowest BCUT2D eigenvalue weighted by Crippen LogP contribution is -2.35. The molecule has 0 unspecified atom stereocenters. The SMILES string of the molecule is Cc1ncc(C#N)c(Nc2ccc3[nH]ccc3c2C)c1/C=C/c1ccc(CN2CCC(O)CC2)cn1. The van der Waals surface area contributed by atoms with E-state index in [0.717, 1.165) is 82.8 Å². The van der Waals surface area contributed by atoms with Crippen LogP contribution in [0.15, 0.2) is 48.9 Å². The molecule has 4 aromatic rings. The average molecular weight is 479 g/mol. The van der Waals surface area contributed by atoms with E-state index in [1.165, 1.54) is 0 Å². The van der Waals surface area contributed by atoms with Crippen LogP contribution in [0.1, 0.15) is 46.5 Å². The lowest BCUT2D eigenvalue weighted by molar-refractivity contribution is 0.0792. The summed E-state index contributed by atoms with van der Waals surface area (Å²) >= 11 is 0. The highest BCUT2D eigenvalue weighted by Gasteiger charge is 2.17. The molecule has 182 valence electrons. The predicted octanol–water partition coefficient (Wildman–Crippen LogP) is 5.32. The van der Waals surface area contributed by atoms with Crippen LogP contribution in [0.5, 0.6) is 0 Å². The van der Waals surface area contributed by atoms with Gasteiger partial charge in [0, 0.05) is 66.1 Å². The van der Waals surface area contributed by atoms with Gasteiger partial charge in [-0.2, -0.15) is 5.26 Å². The van der Waals surface area contributed by atoms with Gasteiger partial charge in [-0.3, -0.25) is 14.9 Å². The maximum Gasteiger partial charge on any atom is 0.103 e. The number of aromatic amines is 1. The number of piperidine rings is 1. The summed E-state index contributed by atoms with van der Waals surface area (Å²) in [6.07, 6.45) is 10.9. The first-order valence-corrected chi connectivity index (χ1v) is 12.3. The van der Waals surface area contributed by atoms with E-state index < -0.39 is 0 Å². The fourth-order valence-electron chi connectivity index (χ4n) is 4.73. The Morgan fingerprint density at radius 1 is 1.11 bits per heavy atom. The third kappa shape index (κ3) is 5.01. The number of aliphatic hydroxyl groups excluding tert-OH is 1. The summed E-state index contributed by atoms with van der Waals surface area (Å²) in [6, 6.07) is 12.5. The number of benzene rings is 1. The minimum Gasteiger partial charge on any atom is -0.393 e. The van der Waals surface area contributed by atoms with Crippen LogP contribution in [0.3, 0.4) is 0 Å². The van der Waals surface area contributed by atoms with Crippen LogP contribution in [-0.2, 0) is 6.54 Å². The number of aromatic nitrogens is 3. The third-order valence-electron chi connectivity index (χ3n) is 6.93. The van der Waals surface area contributed by atoms with Crippen LogP contribution < -0.4 is 5.32 Å². The molecule has 36 heavy (non-hydrogen) atoms. The zero-order valence-electron chi connectivity index (χ0n) is 20.6. The van der Waals surface area contributed by atoms with E-state index >= 15 is 0 Å². The highest BCUT2D eigenvalue weighted by molar-refractivity contribution is 5.90. The molecule has 3 aromatic heterocycles. The summed E-state index contributed by atoms with van der Waals surface area (Å²) in [4.78, 5) is 14.7. The number of H-pyrrole nitrogens is 1. The van der Waals surface area contributed by atoms with Crippen LogP contribution in [0.25, 0.3) is 23.1 Å². The first kappa shape index (κ1) is 23.7. The van der Waals surface area contributed by atoms with Gasteiger partial charge in [-0.1, -0.05) is 6.07 Å². The van der Waals surface area contributed by atoms with Gasteiger partial charge in [-0.05, 0) is 74.2 Å². The Kier molecular flexibility index (Phi) is 6.81. The second-order valence-electron chi connectivity index (χ2n) is 9.39. The minimum atomic E-state index is -0.163. The second-order valence-corrected chi connectivity index (χ2v) is 9.39. The largest absolute Gasteiger partial charge is 0.393 e. The molecule has 0 spiro atoms. The summed E-state index contributed by atoms with van der Waals surface area (Å²) in [5, 5.41) is 24.2. The van der Waals surface area contributed by atoms with Crippen molar-refractivity contribution >= 4 is 34.4 Å². The Morgan fingerprint density at radius 3 is 2.69 bits per heavy atom. The zero-order valence-corrected chi connectivity index (χ0v) is 20.6. The Morgan fingerprint density at radius 2 is 1.94 bits per heavy atom. The molecule has 1 aliphatic heterocycles. The molecule has 0 amide bonds. The molecule has 1 aliphatic rings. The standard InChI is InChI=1S/C29H30N6O/c1-19-25-9-12-31-28(25)8-7-27(19)34-29-22(15-30)17-32-20(2)26(29)6-5-23-4-3-21(16-33-23)18-35-13-10-24(36)11-14-35/h3-9,12,16-17,24,31,36H,10-11,13-14,18H2,1-2H3,(H,32,34)/b6-5+. The van der Waals surface area contributed by atoms with Gasteiger partial charge in [-0.25, -0.2) is 0 Å². The first-order valence-electron chi connectivity index (χ1n) is 12.3. The lowest BCUT2D eigenvalue weighted by Gasteiger charge is -2.29. The zero-order chi connectivity index (χ0) is 25.1. The molecule has 1 aromatic carbocycles. The molecule has 0 bridgehead atoms. The molecule has 7 heteroatoms. The van der Waals surface area contributed by atoms with Gasteiger partial charge in [-0.15, -0.1) is 0 Å². The third-order valence-corrected chi connectivity index (χ3v) is 6.93. The maximum absolute atomic E-state index is 9.80. The van der Waals surface area contributed by atoms with E-state index in [0.29, 0.717) is 5.56 Å². The molecule has 4 heterocycles. The van der Waals surface area contributed by atoms with Crippen molar-refractivity contribution in [2.24, 2.45) is 0 Å². The van der Waals surface area contributed by atoms with Crippen molar-refractivity contribution in [3.05, 3.63) is 82.6 Å². The van der Waals surface area contributed by atoms with Crippen LogP contribution >= 0.6 is 0 Å². The van der Waals surface area contributed by atoms with Crippen molar-refractivity contribution in [2.75, 3.05) is 18.4 Å². The number of nitrogens with one attached hydrogen (secondary N) is 2. The Balaban J connectivity index is 1.39. The van der Waals surface area contributed by atoms with E-state index in [1.54, 1.807) is 6.20 Å². The topological polar surface area (TPSA) is 101 Å². The van der Waals surface area contributed by atoms with Gasteiger partial charge in [0.25, 0.3) is 0 Å². The van der Waals surface area contributed by atoms with E-state index in [1.807, 2.05) is 49.7 Å². The first-order chi connectivity index (χ1) is 17.5. The second kappa shape index (κ2) is 10.3. The number of hydrogen-bond acceptors (Lipinski definition) is 6. The highest BCUT2D eigenvalue weighted by Crippen LogP contribution is 2.32. The molecule has 0 aliphatic carbocycles. The molecule has 1 saturated heterocycles. The van der Waals surface area contributed by atoms with Gasteiger partial charge in [0.05, 0.1) is 23.0 Å². The van der Waals surface area contributed by atoms with Gasteiger partial charge in [0.15, 0.2) is 0 Å². The van der Waals surface area contributed by atoms with Crippen molar-refractivity contribution in [2.45, 2.75) is 39.3 Å². The Labute approximate surface area is 211 Å². The van der Waals surface area contributed by atoms with Crippen LogP contribution in [0, 0.1) is 25.2 Å². The lowest BCUT2D eigenvalue weighted by atomic mass is 10.0. The van der Waals surface area contributed by atoms with Crippen LogP contribution in [-0.4, -0.2) is 44.2 Å². The van der Waals surface area contributed by atoms with E-state index in [-0.39, 0.29) is 6.10 Å². The molecule has 7 nitrogen and oxygen atoms in total. The molecule has 5 rings (SSSR count). The normalized spacial score (nSPS) is 14.9. The van der Waals surface area contributed by atoms with Gasteiger partial charge >= 0.3 is 0 Å². The van der Waals surface area contributed by atoms with Crippen LogP contribution in [0.4, 0.5) is 11.4 Å². The summed E-state index contributed by atoms with van der Waals surface area (Å²) in [7, 11) is 0. The Hall–Kier alpha value is -3.99. The summed E-state index contributed by atoms with van der Waals surface area (Å²) in [6.45, 7) is 6.69. The number of nitriles is 1. The fraction of sp³-hybridized carbons (Fsp3) is 0.276. The summed E-state index contributed by atoms with van der Waals surface area (Å²) in [5.41, 5.74) is 8.06. The van der Waals surface area contributed by atoms with Crippen LogP contribution in [0.2, 0.25) is 0 Å². The maximum atomic E-state index is 9.80. The van der Waals surface area contributed by atoms with Crippen molar-refractivity contribution in [1.29, 1.82) is 5.26 Å². The van der Waals surface area contributed by atoms with Crippen molar-refractivity contribution in [1.82, 2.24) is 19.9 Å². The molecule has 0 radical (unpaired) electrons. The van der Waals surface area contributed by atoms with E-state index in [4.69, 9.17) is 0 Å². The summed E-state index contributed by atoms with van der Waals surface area (Å²) < 4.78 is 0. The summed E-state index contributed by atoms with van der Waals surface area (Å²) in [5.74, 6) is 0. The molecular formula is C29H30N6O. The number of pyridine rings is 2. The number of likely N-dealkylation sites (tertiary alicyclic amines) is 1. The van der Waals surface area contributed by atoms with Gasteiger partial charge < -0.3 is 15.4 Å². The Bertz CT molecular complexity index is 1440. The number of fused-ring (bicyclic) bond motifs is 1. The van der Waals surface area contributed by atoms with Crippen molar-refractivity contribution < 1.29 is 5.11 Å². The average Bonchev–Trinajstić information content (AvgIpc) is 3.37. The molecule has 0 saturated carbocycles. The quantitative estimate of drug-likeness (QED) is 0.347. The number of aryl methyl sites for hydroxylation is 2. The molecular weight excluding hydrogens is 448 g/mol. The number of anilines is 2.